The third-order valence-electron chi connectivity index (χ3n) is 2.36. The van der Waals surface area contributed by atoms with Gasteiger partial charge in [0.05, 0.1) is 5.56 Å². The van der Waals surface area contributed by atoms with Crippen LogP contribution in [0.5, 0.6) is 0 Å². The Morgan fingerprint density at radius 3 is 2.41 bits per heavy atom. The van der Waals surface area contributed by atoms with E-state index in [0.717, 1.165) is 12.1 Å². The second kappa shape index (κ2) is 4.50. The van der Waals surface area contributed by atoms with Gasteiger partial charge in [-0.05, 0) is 28.1 Å². The first-order valence-corrected chi connectivity index (χ1v) is 5.48. The van der Waals surface area contributed by atoms with Crippen molar-refractivity contribution in [2.24, 2.45) is 7.05 Å². The predicted octanol–water partition coefficient (Wildman–Crippen LogP) is 1.94. The van der Waals surface area contributed by atoms with E-state index in [2.05, 4.69) is 26.2 Å². The number of aliphatic hydroxyl groups excluding tert-OH is 1. The summed E-state index contributed by atoms with van der Waals surface area (Å²) in [6.45, 7) is 0. The molecule has 0 radical (unpaired) electrons. The number of hydrogen-bond donors (Lipinski definition) is 1. The largest absolute Gasteiger partial charge is 0.382 e. The molecule has 0 bridgehead atoms. The minimum Gasteiger partial charge on any atom is -0.382 e. The van der Waals surface area contributed by atoms with Gasteiger partial charge >= 0.3 is 0 Å². The molecule has 1 aromatic carbocycles. The zero-order valence-corrected chi connectivity index (χ0v) is 10.3. The van der Waals surface area contributed by atoms with Crippen LogP contribution in [0, 0.1) is 11.6 Å². The highest BCUT2D eigenvalue weighted by atomic mass is 79.9. The van der Waals surface area contributed by atoms with Crippen LogP contribution in [0.15, 0.2) is 22.8 Å². The minimum absolute atomic E-state index is 0.189. The zero-order valence-electron chi connectivity index (χ0n) is 8.73. The first-order valence-electron chi connectivity index (χ1n) is 4.69. The average Bonchev–Trinajstić information content (AvgIpc) is 2.58. The average molecular weight is 304 g/mol. The summed E-state index contributed by atoms with van der Waals surface area (Å²) >= 11 is 3.06. The summed E-state index contributed by atoms with van der Waals surface area (Å²) < 4.78 is 28.5. The maximum Gasteiger partial charge on any atom is 0.154 e. The number of aromatic nitrogens is 3. The molecule has 0 aliphatic carbocycles. The first kappa shape index (κ1) is 12.1. The van der Waals surface area contributed by atoms with Gasteiger partial charge in [0.2, 0.25) is 0 Å². The van der Waals surface area contributed by atoms with Crippen LogP contribution in [0.4, 0.5) is 8.78 Å². The molecule has 0 spiro atoms. The van der Waals surface area contributed by atoms with Gasteiger partial charge < -0.3 is 5.11 Å². The highest BCUT2D eigenvalue weighted by molar-refractivity contribution is 9.10. The third kappa shape index (κ3) is 2.07. The van der Waals surface area contributed by atoms with Crippen molar-refractivity contribution in [1.29, 1.82) is 0 Å². The molecule has 17 heavy (non-hydrogen) atoms. The van der Waals surface area contributed by atoms with E-state index >= 15 is 0 Å². The van der Waals surface area contributed by atoms with E-state index in [1.54, 1.807) is 0 Å². The Kier molecular flexibility index (Phi) is 3.21. The molecule has 0 aliphatic rings. The second-order valence-electron chi connectivity index (χ2n) is 3.43. The lowest BCUT2D eigenvalue weighted by molar-refractivity contribution is 0.198. The van der Waals surface area contributed by atoms with Gasteiger partial charge in [-0.3, -0.25) is 0 Å². The maximum absolute atomic E-state index is 13.5. The molecular weight excluding hydrogens is 296 g/mol. The van der Waals surface area contributed by atoms with E-state index in [1.807, 2.05) is 0 Å². The summed E-state index contributed by atoms with van der Waals surface area (Å²) in [5.41, 5.74) is -0.229. The van der Waals surface area contributed by atoms with E-state index in [0.29, 0.717) is 0 Å². The standard InChI is InChI=1S/C10H8BrF2N3O/c1-16-8(10(11)14-15-16)9(17)7-5(12)3-2-4-6(7)13/h2-4,9,17H,1H3. The van der Waals surface area contributed by atoms with Gasteiger partial charge in [0.1, 0.15) is 23.4 Å². The highest BCUT2D eigenvalue weighted by Gasteiger charge is 2.25. The number of benzene rings is 1. The van der Waals surface area contributed by atoms with Crippen LogP contribution in [-0.2, 0) is 7.05 Å². The van der Waals surface area contributed by atoms with Crippen molar-refractivity contribution in [3.63, 3.8) is 0 Å². The Morgan fingerprint density at radius 2 is 1.94 bits per heavy atom. The van der Waals surface area contributed by atoms with Crippen molar-refractivity contribution in [3.8, 4) is 0 Å². The van der Waals surface area contributed by atoms with Crippen molar-refractivity contribution in [3.05, 3.63) is 45.7 Å². The van der Waals surface area contributed by atoms with Crippen LogP contribution < -0.4 is 0 Å². The first-order chi connectivity index (χ1) is 8.02. The number of rotatable bonds is 2. The SMILES string of the molecule is Cn1nnc(Br)c1C(O)c1c(F)cccc1F. The lowest BCUT2D eigenvalue weighted by Gasteiger charge is -2.12. The summed E-state index contributed by atoms with van der Waals surface area (Å²) in [6, 6.07) is 3.40. The van der Waals surface area contributed by atoms with Crippen molar-refractivity contribution in [2.75, 3.05) is 0 Å². The predicted molar refractivity (Wildman–Crippen MR) is 59.1 cm³/mol. The molecule has 4 nitrogen and oxygen atoms in total. The smallest absolute Gasteiger partial charge is 0.154 e. The van der Waals surface area contributed by atoms with Crippen molar-refractivity contribution >= 4 is 15.9 Å². The lowest BCUT2D eigenvalue weighted by Crippen LogP contribution is -2.11. The Balaban J connectivity index is 2.55. The zero-order chi connectivity index (χ0) is 12.6. The van der Waals surface area contributed by atoms with Gasteiger partial charge in [-0.15, -0.1) is 5.10 Å². The Morgan fingerprint density at radius 1 is 1.35 bits per heavy atom. The molecule has 1 N–H and O–H groups in total. The molecule has 1 unspecified atom stereocenters. The van der Waals surface area contributed by atoms with E-state index < -0.39 is 23.3 Å². The van der Waals surface area contributed by atoms with Gasteiger partial charge in [-0.1, -0.05) is 11.3 Å². The van der Waals surface area contributed by atoms with Crippen LogP contribution in [0.25, 0.3) is 0 Å². The third-order valence-corrected chi connectivity index (χ3v) is 2.92. The number of aliphatic hydroxyl groups is 1. The van der Waals surface area contributed by atoms with Gasteiger partial charge in [-0.2, -0.15) is 0 Å². The van der Waals surface area contributed by atoms with Crippen LogP contribution in [0.2, 0.25) is 0 Å². The summed E-state index contributed by atoms with van der Waals surface area (Å²) in [4.78, 5) is 0. The molecular formula is C10H8BrF2N3O. The van der Waals surface area contributed by atoms with Crippen LogP contribution in [-0.4, -0.2) is 20.1 Å². The Labute approximate surface area is 104 Å². The minimum atomic E-state index is -1.47. The molecule has 7 heteroatoms. The van der Waals surface area contributed by atoms with Crippen LogP contribution in [0.1, 0.15) is 17.4 Å². The fourth-order valence-corrected chi connectivity index (χ4v) is 2.08. The lowest BCUT2D eigenvalue weighted by atomic mass is 10.1. The van der Waals surface area contributed by atoms with Crippen molar-refractivity contribution < 1.29 is 13.9 Å². The molecule has 2 aromatic rings. The Hall–Kier alpha value is -1.34. The molecule has 2 rings (SSSR count). The molecule has 0 amide bonds. The fraction of sp³-hybridized carbons (Fsp3) is 0.200. The molecule has 0 saturated carbocycles. The van der Waals surface area contributed by atoms with Gasteiger partial charge in [-0.25, -0.2) is 13.5 Å². The van der Waals surface area contributed by atoms with E-state index in [1.165, 1.54) is 17.8 Å². The summed E-state index contributed by atoms with van der Waals surface area (Å²) in [7, 11) is 1.52. The van der Waals surface area contributed by atoms with Crippen LogP contribution in [0.3, 0.4) is 0 Å². The molecule has 90 valence electrons. The quantitative estimate of drug-likeness (QED) is 0.922. The number of halogens is 3. The number of hydrogen-bond acceptors (Lipinski definition) is 3. The van der Waals surface area contributed by atoms with Crippen molar-refractivity contribution in [1.82, 2.24) is 15.0 Å². The molecule has 0 saturated heterocycles. The number of nitrogens with zero attached hydrogens (tertiary/aromatic N) is 3. The van der Waals surface area contributed by atoms with Gasteiger partial charge in [0, 0.05) is 7.05 Å². The van der Waals surface area contributed by atoms with Crippen LogP contribution >= 0.6 is 15.9 Å². The van der Waals surface area contributed by atoms with Gasteiger partial charge in [0.25, 0.3) is 0 Å². The Bertz CT molecular complexity index is 519. The summed E-state index contributed by atoms with van der Waals surface area (Å²) in [5, 5.41) is 17.3. The number of aryl methyl sites for hydroxylation is 1. The molecule has 0 fully saturated rings. The topological polar surface area (TPSA) is 50.9 Å². The highest BCUT2D eigenvalue weighted by Crippen LogP contribution is 2.29. The molecule has 0 aliphatic heterocycles. The van der Waals surface area contributed by atoms with Crippen molar-refractivity contribution in [2.45, 2.75) is 6.10 Å². The van der Waals surface area contributed by atoms with E-state index in [9.17, 15) is 13.9 Å². The fourth-order valence-electron chi connectivity index (χ4n) is 1.54. The second-order valence-corrected chi connectivity index (χ2v) is 4.18. The van der Waals surface area contributed by atoms with E-state index in [4.69, 9.17) is 0 Å². The monoisotopic (exact) mass is 303 g/mol. The molecule has 1 aromatic heterocycles. The summed E-state index contributed by atoms with van der Waals surface area (Å²) in [6.07, 6.45) is -1.47. The van der Waals surface area contributed by atoms with E-state index in [-0.39, 0.29) is 10.3 Å². The molecule has 1 heterocycles. The molecule has 1 atom stereocenters. The normalized spacial score (nSPS) is 12.8. The van der Waals surface area contributed by atoms with Gasteiger partial charge in [0.15, 0.2) is 4.60 Å². The maximum atomic E-state index is 13.5. The summed E-state index contributed by atoms with van der Waals surface area (Å²) in [5.74, 6) is -1.63.